The van der Waals surface area contributed by atoms with Gasteiger partial charge < -0.3 is 20.1 Å². The van der Waals surface area contributed by atoms with Gasteiger partial charge in [-0.3, -0.25) is 0 Å². The number of hydrogen-bond donors (Lipinski definition) is 1. The number of nitrogens with zero attached hydrogens (tertiary/aromatic N) is 3. The van der Waals surface area contributed by atoms with Crippen molar-refractivity contribution in [2.24, 2.45) is 0 Å². The van der Waals surface area contributed by atoms with E-state index in [1.165, 1.54) is 7.11 Å². The normalized spacial score (nSPS) is 10.1. The lowest BCUT2D eigenvalue weighted by atomic mass is 10.3. The van der Waals surface area contributed by atoms with Gasteiger partial charge in [-0.1, -0.05) is 6.07 Å². The van der Waals surface area contributed by atoms with Gasteiger partial charge in [0.05, 0.1) is 14.2 Å². The van der Waals surface area contributed by atoms with E-state index < -0.39 is 0 Å². The first kappa shape index (κ1) is 12.9. The quantitative estimate of drug-likeness (QED) is 0.904. The molecular formula is C13H16N4O2. The molecule has 1 aromatic carbocycles. The van der Waals surface area contributed by atoms with E-state index in [-0.39, 0.29) is 5.95 Å². The number of benzene rings is 1. The lowest BCUT2D eigenvalue weighted by Gasteiger charge is -2.19. The highest BCUT2D eigenvalue weighted by atomic mass is 16.5. The number of nitrogen functional groups attached to an aromatic ring is 1. The van der Waals surface area contributed by atoms with Crippen molar-refractivity contribution >= 4 is 17.5 Å². The molecule has 0 saturated heterocycles. The zero-order valence-corrected chi connectivity index (χ0v) is 11.1. The van der Waals surface area contributed by atoms with Crippen molar-refractivity contribution in [2.45, 2.75) is 0 Å². The molecule has 100 valence electrons. The van der Waals surface area contributed by atoms with Crippen LogP contribution in [0.4, 0.5) is 17.5 Å². The molecule has 0 atom stereocenters. The minimum atomic E-state index is 0.170. The van der Waals surface area contributed by atoms with Gasteiger partial charge in [0.25, 0.3) is 0 Å². The first-order valence-electron chi connectivity index (χ1n) is 5.70. The molecule has 0 amide bonds. The number of rotatable bonds is 4. The van der Waals surface area contributed by atoms with Gasteiger partial charge >= 0.3 is 0 Å². The average molecular weight is 260 g/mol. The van der Waals surface area contributed by atoms with Gasteiger partial charge in [-0.25, -0.2) is 0 Å². The van der Waals surface area contributed by atoms with E-state index in [2.05, 4.69) is 9.97 Å². The molecule has 1 aromatic heterocycles. The Morgan fingerprint density at radius 1 is 1.11 bits per heavy atom. The molecule has 0 fully saturated rings. The number of anilines is 3. The molecule has 2 aromatic rings. The molecule has 0 aliphatic rings. The van der Waals surface area contributed by atoms with E-state index in [9.17, 15) is 0 Å². The smallest absolute Gasteiger partial charge is 0.225 e. The van der Waals surface area contributed by atoms with Crippen LogP contribution in [0.1, 0.15) is 0 Å². The molecule has 0 aliphatic heterocycles. The number of methoxy groups -OCH3 is 2. The van der Waals surface area contributed by atoms with Gasteiger partial charge in [0.15, 0.2) is 0 Å². The monoisotopic (exact) mass is 260 g/mol. The van der Waals surface area contributed by atoms with Gasteiger partial charge in [0, 0.05) is 24.9 Å². The number of hydrogen-bond acceptors (Lipinski definition) is 6. The van der Waals surface area contributed by atoms with Crippen LogP contribution < -0.4 is 20.1 Å². The summed E-state index contributed by atoms with van der Waals surface area (Å²) in [6, 6.07) is 9.37. The van der Waals surface area contributed by atoms with Crippen LogP contribution in [0.15, 0.2) is 30.3 Å². The summed E-state index contributed by atoms with van der Waals surface area (Å²) in [6.07, 6.45) is 0. The fourth-order valence-corrected chi connectivity index (χ4v) is 1.66. The van der Waals surface area contributed by atoms with E-state index in [0.29, 0.717) is 11.7 Å². The third kappa shape index (κ3) is 2.85. The Kier molecular flexibility index (Phi) is 3.70. The highest BCUT2D eigenvalue weighted by Gasteiger charge is 2.09. The maximum atomic E-state index is 5.65. The third-order valence-corrected chi connectivity index (χ3v) is 2.70. The van der Waals surface area contributed by atoms with Crippen LogP contribution in [0.3, 0.4) is 0 Å². The minimum Gasteiger partial charge on any atom is -0.497 e. The highest BCUT2D eigenvalue weighted by molar-refractivity contribution is 5.62. The second-order valence-electron chi connectivity index (χ2n) is 3.89. The molecule has 0 bridgehead atoms. The van der Waals surface area contributed by atoms with Gasteiger partial charge in [0.2, 0.25) is 11.8 Å². The lowest BCUT2D eigenvalue weighted by Crippen LogP contribution is -2.13. The fraction of sp³-hybridized carbons (Fsp3) is 0.231. The zero-order chi connectivity index (χ0) is 13.8. The SMILES string of the molecule is COc1cccc(N(C)c2cc(OC)nc(N)n2)c1. The number of aromatic nitrogens is 2. The second-order valence-corrected chi connectivity index (χ2v) is 3.89. The summed E-state index contributed by atoms with van der Waals surface area (Å²) in [5, 5.41) is 0. The van der Waals surface area contributed by atoms with Crippen molar-refractivity contribution in [2.75, 3.05) is 31.9 Å². The topological polar surface area (TPSA) is 73.5 Å². The van der Waals surface area contributed by atoms with Crippen LogP contribution >= 0.6 is 0 Å². The molecule has 6 heteroatoms. The van der Waals surface area contributed by atoms with E-state index >= 15 is 0 Å². The van der Waals surface area contributed by atoms with Crippen molar-refractivity contribution in [3.05, 3.63) is 30.3 Å². The van der Waals surface area contributed by atoms with Crippen LogP contribution in [-0.4, -0.2) is 31.2 Å². The van der Waals surface area contributed by atoms with E-state index in [4.69, 9.17) is 15.2 Å². The summed E-state index contributed by atoms with van der Waals surface area (Å²) in [6.45, 7) is 0. The van der Waals surface area contributed by atoms with Crippen molar-refractivity contribution < 1.29 is 9.47 Å². The second kappa shape index (κ2) is 5.43. The van der Waals surface area contributed by atoms with Crippen LogP contribution in [0, 0.1) is 0 Å². The van der Waals surface area contributed by atoms with Crippen molar-refractivity contribution in [3.8, 4) is 11.6 Å². The molecular weight excluding hydrogens is 244 g/mol. The van der Waals surface area contributed by atoms with Gasteiger partial charge in [-0.15, -0.1) is 0 Å². The largest absolute Gasteiger partial charge is 0.497 e. The van der Waals surface area contributed by atoms with Crippen LogP contribution in [0.2, 0.25) is 0 Å². The number of ether oxygens (including phenoxy) is 2. The molecule has 0 saturated carbocycles. The summed E-state index contributed by atoms with van der Waals surface area (Å²) < 4.78 is 10.3. The van der Waals surface area contributed by atoms with Gasteiger partial charge in [-0.2, -0.15) is 9.97 Å². The van der Waals surface area contributed by atoms with Crippen molar-refractivity contribution in [3.63, 3.8) is 0 Å². The van der Waals surface area contributed by atoms with Crippen LogP contribution in [0.25, 0.3) is 0 Å². The van der Waals surface area contributed by atoms with Gasteiger partial charge in [-0.05, 0) is 12.1 Å². The Morgan fingerprint density at radius 3 is 2.58 bits per heavy atom. The molecule has 6 nitrogen and oxygen atoms in total. The van der Waals surface area contributed by atoms with E-state index in [1.807, 2.05) is 36.2 Å². The Bertz CT molecular complexity index is 574. The molecule has 0 radical (unpaired) electrons. The Hall–Kier alpha value is -2.50. The predicted octanol–water partition coefficient (Wildman–Crippen LogP) is 1.84. The van der Waals surface area contributed by atoms with Crippen molar-refractivity contribution in [1.29, 1.82) is 0 Å². The minimum absolute atomic E-state index is 0.170. The third-order valence-electron chi connectivity index (χ3n) is 2.70. The maximum Gasteiger partial charge on any atom is 0.225 e. The summed E-state index contributed by atoms with van der Waals surface area (Å²) >= 11 is 0. The lowest BCUT2D eigenvalue weighted by molar-refractivity contribution is 0.398. The first-order chi connectivity index (χ1) is 9.13. The first-order valence-corrected chi connectivity index (χ1v) is 5.70. The predicted molar refractivity (Wildman–Crippen MR) is 74.1 cm³/mol. The molecule has 0 unspecified atom stereocenters. The Morgan fingerprint density at radius 2 is 1.89 bits per heavy atom. The zero-order valence-electron chi connectivity index (χ0n) is 11.1. The molecule has 0 spiro atoms. The molecule has 2 N–H and O–H groups in total. The molecule has 0 aliphatic carbocycles. The molecule has 2 rings (SSSR count). The van der Waals surface area contributed by atoms with Crippen LogP contribution in [-0.2, 0) is 0 Å². The summed E-state index contributed by atoms with van der Waals surface area (Å²) in [4.78, 5) is 10.0. The van der Waals surface area contributed by atoms with Crippen molar-refractivity contribution in [1.82, 2.24) is 9.97 Å². The summed E-state index contributed by atoms with van der Waals surface area (Å²) in [5.41, 5.74) is 6.58. The standard InChI is InChI=1S/C13H16N4O2/c1-17(9-5-4-6-10(7-9)18-2)11-8-12(19-3)16-13(14)15-11/h4-8H,1-3H3,(H2,14,15,16). The average Bonchev–Trinajstić information content (AvgIpc) is 2.45. The molecule has 1 heterocycles. The van der Waals surface area contributed by atoms with Crippen LogP contribution in [0.5, 0.6) is 11.6 Å². The number of nitrogens with two attached hydrogens (primary N) is 1. The van der Waals surface area contributed by atoms with E-state index in [1.54, 1.807) is 13.2 Å². The Labute approximate surface area is 111 Å². The van der Waals surface area contributed by atoms with E-state index in [0.717, 1.165) is 11.4 Å². The fourth-order valence-electron chi connectivity index (χ4n) is 1.66. The highest BCUT2D eigenvalue weighted by Crippen LogP contribution is 2.27. The Balaban J connectivity index is 2.37. The summed E-state index contributed by atoms with van der Waals surface area (Å²) in [5.74, 6) is 2.03. The maximum absolute atomic E-state index is 5.65. The molecule has 19 heavy (non-hydrogen) atoms. The summed E-state index contributed by atoms with van der Waals surface area (Å²) in [7, 11) is 5.05. The van der Waals surface area contributed by atoms with Gasteiger partial charge in [0.1, 0.15) is 11.6 Å².